The molecular weight excluding hydrogens is 347 g/mol. The Bertz CT molecular complexity index is 784. The second-order valence-electron chi connectivity index (χ2n) is 6.36. The van der Waals surface area contributed by atoms with Gasteiger partial charge in [0.05, 0.1) is 5.56 Å². The maximum atomic E-state index is 13.0. The third kappa shape index (κ3) is 4.98. The Morgan fingerprint density at radius 1 is 1.12 bits per heavy atom. The lowest BCUT2D eigenvalue weighted by Crippen LogP contribution is -2.45. The normalized spacial score (nSPS) is 13.8. The van der Waals surface area contributed by atoms with Crippen molar-refractivity contribution in [1.29, 1.82) is 0 Å². The number of benzene rings is 2. The van der Waals surface area contributed by atoms with Crippen LogP contribution in [0.5, 0.6) is 5.75 Å². The van der Waals surface area contributed by atoms with Gasteiger partial charge in [0.2, 0.25) is 0 Å². The fourth-order valence-electron chi connectivity index (χ4n) is 2.19. The van der Waals surface area contributed by atoms with Crippen LogP contribution in [0.15, 0.2) is 42.5 Å². The van der Waals surface area contributed by atoms with Gasteiger partial charge in [0.1, 0.15) is 12.4 Å². The number of hydrogen-bond donors (Lipinski definition) is 2. The van der Waals surface area contributed by atoms with Gasteiger partial charge in [0, 0.05) is 5.69 Å². The van der Waals surface area contributed by atoms with Crippen molar-refractivity contribution in [3.8, 4) is 5.75 Å². The molecule has 2 aromatic carbocycles. The Morgan fingerprint density at radius 2 is 1.73 bits per heavy atom. The average Bonchev–Trinajstić information content (AvgIpc) is 2.55. The highest BCUT2D eigenvalue weighted by Crippen LogP contribution is 2.33. The molecule has 0 aliphatic rings. The van der Waals surface area contributed by atoms with Crippen LogP contribution in [0, 0.1) is 13.8 Å². The zero-order valence-electron chi connectivity index (χ0n) is 14.6. The lowest BCUT2D eigenvalue weighted by Gasteiger charge is -2.23. The summed E-state index contributed by atoms with van der Waals surface area (Å²) in [4.78, 5) is 12.2. The van der Waals surface area contributed by atoms with Crippen molar-refractivity contribution in [1.82, 2.24) is 0 Å². The summed E-state index contributed by atoms with van der Waals surface area (Å²) < 4.78 is 44.3. The topological polar surface area (TPSA) is 58.6 Å². The smallest absolute Gasteiger partial charge is 0.416 e. The van der Waals surface area contributed by atoms with E-state index in [0.717, 1.165) is 11.6 Å². The SMILES string of the molecule is Cc1ccc(OC[C@](C)(O)C(=O)Nc2ccc(C)c(C(F)(F)F)c2)cc1. The quantitative estimate of drug-likeness (QED) is 0.837. The summed E-state index contributed by atoms with van der Waals surface area (Å²) in [6, 6.07) is 10.5. The highest BCUT2D eigenvalue weighted by atomic mass is 19.4. The summed E-state index contributed by atoms with van der Waals surface area (Å²) in [5.74, 6) is -0.389. The van der Waals surface area contributed by atoms with Crippen molar-refractivity contribution >= 4 is 11.6 Å². The molecular formula is C19H20F3NO3. The van der Waals surface area contributed by atoms with E-state index >= 15 is 0 Å². The zero-order chi connectivity index (χ0) is 19.5. The van der Waals surface area contributed by atoms with Gasteiger partial charge in [-0.3, -0.25) is 4.79 Å². The molecule has 2 N–H and O–H groups in total. The number of carbonyl (C=O) groups is 1. The molecule has 0 heterocycles. The predicted molar refractivity (Wildman–Crippen MR) is 92.1 cm³/mol. The maximum absolute atomic E-state index is 13.0. The first-order chi connectivity index (χ1) is 12.0. The Labute approximate surface area is 149 Å². The third-order valence-electron chi connectivity index (χ3n) is 3.83. The lowest BCUT2D eigenvalue weighted by atomic mass is 10.1. The van der Waals surface area contributed by atoms with Crippen molar-refractivity contribution in [3.05, 3.63) is 59.2 Å². The van der Waals surface area contributed by atoms with Crippen LogP contribution in [0.1, 0.15) is 23.6 Å². The largest absolute Gasteiger partial charge is 0.490 e. The van der Waals surface area contributed by atoms with Gasteiger partial charge in [-0.1, -0.05) is 23.8 Å². The first-order valence-electron chi connectivity index (χ1n) is 7.90. The van der Waals surface area contributed by atoms with Gasteiger partial charge in [0.25, 0.3) is 5.91 Å². The van der Waals surface area contributed by atoms with Crippen LogP contribution < -0.4 is 10.1 Å². The summed E-state index contributed by atoms with van der Waals surface area (Å²) in [7, 11) is 0. The van der Waals surface area contributed by atoms with Crippen LogP contribution in [-0.4, -0.2) is 23.2 Å². The van der Waals surface area contributed by atoms with E-state index < -0.39 is 23.2 Å². The Morgan fingerprint density at radius 3 is 2.31 bits per heavy atom. The highest BCUT2D eigenvalue weighted by molar-refractivity contribution is 5.97. The molecule has 0 fully saturated rings. The molecule has 2 rings (SSSR count). The standard InChI is InChI=1S/C19H20F3NO3/c1-12-4-8-15(9-5-12)26-11-18(3,25)17(24)23-14-7-6-13(2)16(10-14)19(20,21)22/h4-10,25H,11H2,1-3H3,(H,23,24)/t18-/m0/s1. The van der Waals surface area contributed by atoms with Gasteiger partial charge in [-0.15, -0.1) is 0 Å². The highest BCUT2D eigenvalue weighted by Gasteiger charge is 2.34. The number of halogens is 3. The van der Waals surface area contributed by atoms with Gasteiger partial charge in [-0.05, 0) is 50.6 Å². The maximum Gasteiger partial charge on any atom is 0.416 e. The number of alkyl halides is 3. The van der Waals surface area contributed by atoms with E-state index in [9.17, 15) is 23.1 Å². The van der Waals surface area contributed by atoms with E-state index in [4.69, 9.17) is 4.74 Å². The van der Waals surface area contributed by atoms with Crippen LogP contribution in [0.4, 0.5) is 18.9 Å². The van der Waals surface area contributed by atoms with E-state index in [0.29, 0.717) is 5.75 Å². The molecule has 1 atom stereocenters. The monoisotopic (exact) mass is 367 g/mol. The lowest BCUT2D eigenvalue weighted by molar-refractivity contribution is -0.138. The number of hydrogen-bond acceptors (Lipinski definition) is 3. The van der Waals surface area contributed by atoms with Gasteiger partial charge in [-0.2, -0.15) is 13.2 Å². The van der Waals surface area contributed by atoms with Gasteiger partial charge < -0.3 is 15.2 Å². The van der Waals surface area contributed by atoms with Crippen molar-refractivity contribution in [2.45, 2.75) is 32.5 Å². The Hall–Kier alpha value is -2.54. The molecule has 0 bridgehead atoms. The van der Waals surface area contributed by atoms with E-state index in [2.05, 4.69) is 5.32 Å². The van der Waals surface area contributed by atoms with E-state index in [-0.39, 0.29) is 17.9 Å². The summed E-state index contributed by atoms with van der Waals surface area (Å²) >= 11 is 0. The first kappa shape index (κ1) is 19.8. The number of nitrogens with one attached hydrogen (secondary N) is 1. The number of rotatable bonds is 5. The number of aryl methyl sites for hydroxylation is 2. The minimum Gasteiger partial charge on any atom is -0.490 e. The first-order valence-corrected chi connectivity index (χ1v) is 7.90. The van der Waals surface area contributed by atoms with Crippen molar-refractivity contribution in [2.24, 2.45) is 0 Å². The molecule has 140 valence electrons. The van der Waals surface area contributed by atoms with E-state index in [1.807, 2.05) is 19.1 Å². The molecule has 7 heteroatoms. The Kier molecular flexibility index (Phi) is 5.61. The minimum atomic E-state index is -4.53. The summed E-state index contributed by atoms with van der Waals surface area (Å²) in [5.41, 5.74) is -1.74. The zero-order valence-corrected chi connectivity index (χ0v) is 14.6. The average molecular weight is 367 g/mol. The van der Waals surface area contributed by atoms with Crippen LogP contribution in [-0.2, 0) is 11.0 Å². The van der Waals surface area contributed by atoms with Gasteiger partial charge in [0.15, 0.2) is 5.60 Å². The number of carbonyl (C=O) groups excluding carboxylic acids is 1. The molecule has 0 radical (unpaired) electrons. The number of amides is 1. The summed E-state index contributed by atoms with van der Waals surface area (Å²) in [6.45, 7) is 4.12. The Balaban J connectivity index is 2.06. The molecule has 0 aliphatic carbocycles. The minimum absolute atomic E-state index is 0.0463. The molecule has 0 aromatic heterocycles. The molecule has 0 aliphatic heterocycles. The number of aliphatic hydroxyl groups is 1. The molecule has 0 saturated carbocycles. The molecule has 4 nitrogen and oxygen atoms in total. The number of anilines is 1. The van der Waals surface area contributed by atoms with E-state index in [1.54, 1.807) is 12.1 Å². The van der Waals surface area contributed by atoms with Gasteiger partial charge >= 0.3 is 6.18 Å². The van der Waals surface area contributed by atoms with E-state index in [1.165, 1.54) is 26.0 Å². The fourth-order valence-corrected chi connectivity index (χ4v) is 2.19. The van der Waals surface area contributed by atoms with Crippen molar-refractivity contribution in [3.63, 3.8) is 0 Å². The number of ether oxygens (including phenoxy) is 1. The van der Waals surface area contributed by atoms with Gasteiger partial charge in [-0.25, -0.2) is 0 Å². The molecule has 0 saturated heterocycles. The molecule has 0 unspecified atom stereocenters. The molecule has 2 aromatic rings. The third-order valence-corrected chi connectivity index (χ3v) is 3.83. The molecule has 1 amide bonds. The van der Waals surface area contributed by atoms with Crippen LogP contribution >= 0.6 is 0 Å². The summed E-state index contributed by atoms with van der Waals surface area (Å²) in [6.07, 6.45) is -4.53. The van der Waals surface area contributed by atoms with Crippen molar-refractivity contribution in [2.75, 3.05) is 11.9 Å². The second kappa shape index (κ2) is 7.37. The molecule has 0 spiro atoms. The van der Waals surface area contributed by atoms with Crippen LogP contribution in [0.2, 0.25) is 0 Å². The molecule has 26 heavy (non-hydrogen) atoms. The summed E-state index contributed by atoms with van der Waals surface area (Å²) in [5, 5.41) is 12.6. The van der Waals surface area contributed by atoms with Crippen LogP contribution in [0.3, 0.4) is 0 Å². The predicted octanol–water partition coefficient (Wildman–Crippen LogP) is 4.09. The fraction of sp³-hybridized carbons (Fsp3) is 0.316. The second-order valence-corrected chi connectivity index (χ2v) is 6.36. The van der Waals surface area contributed by atoms with Crippen molar-refractivity contribution < 1.29 is 27.8 Å². The van der Waals surface area contributed by atoms with Crippen LogP contribution in [0.25, 0.3) is 0 Å².